The quantitative estimate of drug-likeness (QED) is 0.368. The van der Waals surface area contributed by atoms with Crippen LogP contribution in [0.15, 0.2) is 72.8 Å². The molecule has 0 aromatic heterocycles. The maximum atomic E-state index is 11.0. The molecule has 0 spiro atoms. The van der Waals surface area contributed by atoms with Crippen molar-refractivity contribution in [2.45, 2.75) is 44.6 Å². The molecule has 4 rings (SSSR count). The molecule has 3 atom stereocenters. The van der Waals surface area contributed by atoms with Gasteiger partial charge in [-0.3, -0.25) is 4.79 Å². The van der Waals surface area contributed by atoms with Crippen LogP contribution in [-0.2, 0) is 14.3 Å². The minimum atomic E-state index is -0.845. The van der Waals surface area contributed by atoms with Gasteiger partial charge in [0.1, 0.15) is 0 Å². The summed E-state index contributed by atoms with van der Waals surface area (Å²) in [6, 6.07) is 20.9. The fourth-order valence-corrected chi connectivity index (χ4v) is 5.93. The van der Waals surface area contributed by atoms with Gasteiger partial charge in [0.15, 0.2) is 0 Å². The van der Waals surface area contributed by atoms with E-state index in [2.05, 4.69) is 55.1 Å². The maximum absolute atomic E-state index is 11.0. The maximum Gasteiger partial charge on any atom is 0.305 e. The normalized spacial score (nSPS) is 23.5. The lowest BCUT2D eigenvalue weighted by Crippen LogP contribution is -2.29. The number of aliphatic carboxylic acids is 1. The van der Waals surface area contributed by atoms with Crippen LogP contribution in [0.25, 0.3) is 11.1 Å². The van der Waals surface area contributed by atoms with Crippen molar-refractivity contribution in [2.24, 2.45) is 11.3 Å². The topological polar surface area (TPSA) is 76.0 Å². The third-order valence-electron chi connectivity index (χ3n) is 7.51. The number of benzene rings is 2. The lowest BCUT2D eigenvalue weighted by atomic mass is 9.66. The summed E-state index contributed by atoms with van der Waals surface area (Å²) in [4.78, 5) is 10.5. The molecule has 2 N–H and O–H groups in total. The number of ether oxygens (including phenoxy) is 2. The standard InChI is InChI=1S/C30H36O5/c1-22(23-9-4-2-5-10-23)30-16-13-27(31)26(30)21-25(29(30)24-11-6-3-7-12-24)14-19-34-17-8-18-35-20-15-28(32)33/h2-7,9-12,26-27,31H,1,8,13-21H2,(H,32,33). The summed E-state index contributed by atoms with van der Waals surface area (Å²) in [6.07, 6.45) is 3.79. The van der Waals surface area contributed by atoms with Crippen LogP contribution in [0.1, 0.15) is 49.7 Å². The molecular formula is C30H36O5. The van der Waals surface area contributed by atoms with Crippen molar-refractivity contribution in [3.8, 4) is 0 Å². The van der Waals surface area contributed by atoms with Crippen molar-refractivity contribution in [3.05, 3.63) is 83.9 Å². The first-order valence-electron chi connectivity index (χ1n) is 12.6. The van der Waals surface area contributed by atoms with Gasteiger partial charge in [0.2, 0.25) is 0 Å². The Balaban J connectivity index is 1.50. The molecule has 0 aliphatic heterocycles. The number of hydrogen-bond acceptors (Lipinski definition) is 4. The first-order chi connectivity index (χ1) is 17.0. The molecule has 35 heavy (non-hydrogen) atoms. The lowest BCUT2D eigenvalue weighted by molar-refractivity contribution is -0.138. The minimum absolute atomic E-state index is 0.0281. The van der Waals surface area contributed by atoms with E-state index >= 15 is 0 Å². The van der Waals surface area contributed by atoms with E-state index in [0.29, 0.717) is 19.8 Å². The van der Waals surface area contributed by atoms with E-state index in [-0.39, 0.29) is 30.5 Å². The number of carbonyl (C=O) groups is 1. The zero-order chi connectivity index (χ0) is 24.7. The van der Waals surface area contributed by atoms with Crippen molar-refractivity contribution in [2.75, 3.05) is 26.4 Å². The second-order valence-corrected chi connectivity index (χ2v) is 9.55. The second kappa shape index (κ2) is 11.8. The smallest absolute Gasteiger partial charge is 0.305 e. The lowest BCUT2D eigenvalue weighted by Gasteiger charge is -2.37. The Morgan fingerprint density at radius 2 is 1.63 bits per heavy atom. The van der Waals surface area contributed by atoms with Crippen LogP contribution in [0.3, 0.4) is 0 Å². The fourth-order valence-electron chi connectivity index (χ4n) is 5.93. The zero-order valence-corrected chi connectivity index (χ0v) is 20.3. The van der Waals surface area contributed by atoms with Gasteiger partial charge in [-0.1, -0.05) is 72.8 Å². The number of hydrogen-bond donors (Lipinski definition) is 2. The second-order valence-electron chi connectivity index (χ2n) is 9.55. The van der Waals surface area contributed by atoms with E-state index in [0.717, 1.165) is 43.2 Å². The molecule has 0 amide bonds. The van der Waals surface area contributed by atoms with Gasteiger partial charge in [-0.2, -0.15) is 0 Å². The molecular weight excluding hydrogens is 440 g/mol. The molecule has 2 aromatic carbocycles. The molecule has 1 fully saturated rings. The molecule has 3 unspecified atom stereocenters. The molecule has 2 aliphatic carbocycles. The highest BCUT2D eigenvalue weighted by Gasteiger charge is 2.56. The molecule has 0 radical (unpaired) electrons. The van der Waals surface area contributed by atoms with Gasteiger partial charge in [0.25, 0.3) is 0 Å². The summed E-state index contributed by atoms with van der Waals surface area (Å²) in [5.74, 6) is -0.717. The predicted octanol–water partition coefficient (Wildman–Crippen LogP) is 5.60. The van der Waals surface area contributed by atoms with Crippen molar-refractivity contribution in [1.82, 2.24) is 0 Å². The Kier molecular flexibility index (Phi) is 8.55. The largest absolute Gasteiger partial charge is 0.481 e. The predicted molar refractivity (Wildman–Crippen MR) is 138 cm³/mol. The van der Waals surface area contributed by atoms with Crippen LogP contribution < -0.4 is 0 Å². The molecule has 1 saturated carbocycles. The van der Waals surface area contributed by atoms with E-state index in [1.807, 2.05) is 12.1 Å². The average Bonchev–Trinajstić information content (AvgIpc) is 3.38. The van der Waals surface area contributed by atoms with Gasteiger partial charge in [-0.15, -0.1) is 0 Å². The Morgan fingerprint density at radius 1 is 0.971 bits per heavy atom. The summed E-state index contributed by atoms with van der Waals surface area (Å²) < 4.78 is 11.3. The summed E-state index contributed by atoms with van der Waals surface area (Å²) in [7, 11) is 0. The minimum Gasteiger partial charge on any atom is -0.481 e. The van der Waals surface area contributed by atoms with Crippen LogP contribution in [0, 0.1) is 11.3 Å². The van der Waals surface area contributed by atoms with Gasteiger partial charge >= 0.3 is 5.97 Å². The van der Waals surface area contributed by atoms with Crippen molar-refractivity contribution in [3.63, 3.8) is 0 Å². The van der Waals surface area contributed by atoms with E-state index < -0.39 is 5.97 Å². The van der Waals surface area contributed by atoms with Crippen molar-refractivity contribution >= 4 is 17.1 Å². The fraction of sp³-hybridized carbons (Fsp3) is 0.433. The first-order valence-corrected chi connectivity index (χ1v) is 12.6. The molecule has 2 aromatic rings. The summed E-state index contributed by atoms with van der Waals surface area (Å²) in [5.41, 5.74) is 5.87. The molecule has 0 bridgehead atoms. The summed E-state index contributed by atoms with van der Waals surface area (Å²) in [5, 5.41) is 19.7. The van der Waals surface area contributed by atoms with Crippen LogP contribution >= 0.6 is 0 Å². The van der Waals surface area contributed by atoms with E-state index in [9.17, 15) is 9.90 Å². The van der Waals surface area contributed by atoms with Gasteiger partial charge in [0.05, 0.1) is 25.7 Å². The Hall–Kier alpha value is -2.73. The molecule has 5 heteroatoms. The van der Waals surface area contributed by atoms with Gasteiger partial charge in [0, 0.05) is 24.5 Å². The highest BCUT2D eigenvalue weighted by atomic mass is 16.5. The van der Waals surface area contributed by atoms with Gasteiger partial charge < -0.3 is 19.7 Å². The van der Waals surface area contributed by atoms with Crippen LogP contribution in [0.5, 0.6) is 0 Å². The molecule has 0 saturated heterocycles. The van der Waals surface area contributed by atoms with Gasteiger partial charge in [-0.25, -0.2) is 0 Å². The summed E-state index contributed by atoms with van der Waals surface area (Å²) >= 11 is 0. The highest BCUT2D eigenvalue weighted by Crippen LogP contribution is 2.66. The van der Waals surface area contributed by atoms with E-state index in [1.165, 1.54) is 16.7 Å². The number of fused-ring (bicyclic) bond motifs is 1. The number of allylic oxidation sites excluding steroid dienone is 2. The van der Waals surface area contributed by atoms with Gasteiger partial charge in [-0.05, 0) is 54.4 Å². The zero-order valence-electron chi connectivity index (χ0n) is 20.3. The van der Waals surface area contributed by atoms with E-state index in [4.69, 9.17) is 14.6 Å². The number of carboxylic acid groups (broad SMARTS) is 1. The van der Waals surface area contributed by atoms with Crippen molar-refractivity contribution in [1.29, 1.82) is 0 Å². The Morgan fingerprint density at radius 3 is 2.31 bits per heavy atom. The van der Waals surface area contributed by atoms with E-state index in [1.54, 1.807) is 0 Å². The average molecular weight is 477 g/mol. The van der Waals surface area contributed by atoms with Crippen molar-refractivity contribution < 1.29 is 24.5 Å². The number of carboxylic acids is 1. The third-order valence-corrected chi connectivity index (χ3v) is 7.51. The SMILES string of the molecule is C=C(c1ccccc1)C12CCC(O)C1CC(CCOCCCOCCC(=O)O)=C2c1ccccc1. The Bertz CT molecular complexity index is 1030. The molecule has 186 valence electrons. The first kappa shape index (κ1) is 25.4. The molecule has 0 heterocycles. The molecule has 2 aliphatic rings. The van der Waals surface area contributed by atoms with Crippen LogP contribution in [0.2, 0.25) is 0 Å². The summed E-state index contributed by atoms with van der Waals surface area (Å²) in [6.45, 7) is 6.54. The van der Waals surface area contributed by atoms with Crippen LogP contribution in [0.4, 0.5) is 0 Å². The van der Waals surface area contributed by atoms with Crippen LogP contribution in [-0.4, -0.2) is 48.7 Å². The number of rotatable bonds is 13. The number of aliphatic hydroxyl groups is 1. The third kappa shape index (κ3) is 5.58. The monoisotopic (exact) mass is 476 g/mol. The number of aliphatic hydroxyl groups excluding tert-OH is 1. The highest BCUT2D eigenvalue weighted by molar-refractivity contribution is 5.90. The Labute approximate surface area is 208 Å². The molecule has 5 nitrogen and oxygen atoms in total.